The zero-order valence-corrected chi connectivity index (χ0v) is 12.5. The molecule has 1 heterocycles. The highest BCUT2D eigenvalue weighted by molar-refractivity contribution is 5.74. The third kappa shape index (κ3) is 8.87. The van der Waals surface area contributed by atoms with Crippen molar-refractivity contribution in [2.45, 2.75) is 71.1 Å². The van der Waals surface area contributed by atoms with Crippen LogP contribution < -0.4 is 10.6 Å². The number of amides is 2. The van der Waals surface area contributed by atoms with Crippen molar-refractivity contribution in [1.82, 2.24) is 15.5 Å². The Balaban J connectivity index is 1.77. The van der Waals surface area contributed by atoms with Crippen LogP contribution in [0.5, 0.6) is 0 Å². The molecular weight excluding hydrogens is 238 g/mol. The van der Waals surface area contributed by atoms with E-state index in [0.717, 1.165) is 6.54 Å². The average molecular weight is 269 g/mol. The van der Waals surface area contributed by atoms with Gasteiger partial charge in [0.2, 0.25) is 0 Å². The normalized spacial score (nSPS) is 16.2. The Labute approximate surface area is 118 Å². The molecule has 0 saturated carbocycles. The Bertz CT molecular complexity index is 223. The molecule has 4 nitrogen and oxygen atoms in total. The van der Waals surface area contributed by atoms with E-state index in [1.54, 1.807) is 0 Å². The van der Waals surface area contributed by atoms with Crippen LogP contribution in [0.2, 0.25) is 0 Å². The van der Waals surface area contributed by atoms with Crippen LogP contribution in [0.25, 0.3) is 0 Å². The van der Waals surface area contributed by atoms with Crippen LogP contribution in [0.4, 0.5) is 4.79 Å². The molecule has 112 valence electrons. The number of hydrogen-bond donors (Lipinski definition) is 2. The first-order chi connectivity index (χ1) is 9.33. The molecule has 2 N–H and O–H groups in total. The van der Waals surface area contributed by atoms with Crippen molar-refractivity contribution in [2.24, 2.45) is 0 Å². The molecule has 0 spiro atoms. The third-order valence-electron chi connectivity index (χ3n) is 3.75. The van der Waals surface area contributed by atoms with Gasteiger partial charge in [0.05, 0.1) is 13.3 Å². The van der Waals surface area contributed by atoms with Crippen molar-refractivity contribution in [1.29, 1.82) is 0 Å². The highest BCUT2D eigenvalue weighted by Crippen LogP contribution is 2.10. The van der Waals surface area contributed by atoms with Gasteiger partial charge in [-0.1, -0.05) is 64.7 Å². The summed E-state index contributed by atoms with van der Waals surface area (Å²) in [7, 11) is 0. The molecule has 1 aliphatic rings. The maximum atomic E-state index is 10.9. The number of carbonyl (C=O) groups is 1. The highest BCUT2D eigenvalue weighted by atomic mass is 16.2. The van der Waals surface area contributed by atoms with E-state index in [1.165, 1.54) is 64.2 Å². The van der Waals surface area contributed by atoms with E-state index >= 15 is 0 Å². The molecule has 0 aromatic rings. The summed E-state index contributed by atoms with van der Waals surface area (Å²) < 4.78 is 0. The van der Waals surface area contributed by atoms with Crippen LogP contribution in [-0.4, -0.2) is 30.8 Å². The minimum absolute atomic E-state index is 0.0423. The number of carbonyl (C=O) groups excluding carboxylic acids is 1. The van der Waals surface area contributed by atoms with Gasteiger partial charge in [-0.15, -0.1) is 0 Å². The molecule has 0 atom stereocenters. The molecule has 4 heteroatoms. The number of hydrogen-bond acceptors (Lipinski definition) is 2. The van der Waals surface area contributed by atoms with E-state index in [1.807, 2.05) is 0 Å². The Morgan fingerprint density at radius 2 is 1.32 bits per heavy atom. The topological polar surface area (TPSA) is 44.4 Å². The molecule has 19 heavy (non-hydrogen) atoms. The number of nitrogens with one attached hydrogen (secondary N) is 2. The molecule has 1 saturated heterocycles. The van der Waals surface area contributed by atoms with Crippen LogP contribution in [-0.2, 0) is 0 Å². The lowest BCUT2D eigenvalue weighted by Gasteiger charge is -2.27. The standard InChI is InChI=1S/C15H31N3O/c1-2-3-4-5-6-7-8-9-10-11-12-18-13-16-15(19)17-14-18/h2-14H2,1H3,(H2,16,17,19). The number of rotatable bonds is 11. The van der Waals surface area contributed by atoms with Crippen molar-refractivity contribution < 1.29 is 4.79 Å². The number of nitrogens with zero attached hydrogens (tertiary/aromatic N) is 1. The predicted molar refractivity (Wildman–Crippen MR) is 80.0 cm³/mol. The first-order valence-electron chi connectivity index (χ1n) is 8.07. The second-order valence-electron chi connectivity index (χ2n) is 5.58. The maximum absolute atomic E-state index is 10.9. The maximum Gasteiger partial charge on any atom is 0.316 e. The van der Waals surface area contributed by atoms with Gasteiger partial charge in [-0.2, -0.15) is 0 Å². The SMILES string of the molecule is CCCCCCCCCCCCN1CNC(=O)NC1. The fourth-order valence-corrected chi connectivity index (χ4v) is 2.47. The monoisotopic (exact) mass is 269 g/mol. The molecule has 0 aromatic heterocycles. The van der Waals surface area contributed by atoms with Crippen LogP contribution in [0, 0.1) is 0 Å². The molecular formula is C15H31N3O. The van der Waals surface area contributed by atoms with Gasteiger partial charge in [-0.25, -0.2) is 4.79 Å². The van der Waals surface area contributed by atoms with Crippen molar-refractivity contribution in [2.75, 3.05) is 19.9 Å². The van der Waals surface area contributed by atoms with Crippen molar-refractivity contribution in [3.63, 3.8) is 0 Å². The van der Waals surface area contributed by atoms with Gasteiger partial charge in [-0.3, -0.25) is 4.90 Å². The molecule has 2 amide bonds. The van der Waals surface area contributed by atoms with E-state index in [-0.39, 0.29) is 6.03 Å². The van der Waals surface area contributed by atoms with Crippen LogP contribution >= 0.6 is 0 Å². The van der Waals surface area contributed by atoms with Gasteiger partial charge in [0, 0.05) is 6.54 Å². The van der Waals surface area contributed by atoms with Crippen molar-refractivity contribution in [3.05, 3.63) is 0 Å². The smallest absolute Gasteiger partial charge is 0.316 e. The highest BCUT2D eigenvalue weighted by Gasteiger charge is 2.12. The molecule has 1 fully saturated rings. The molecule has 0 aromatic carbocycles. The Morgan fingerprint density at radius 3 is 1.84 bits per heavy atom. The molecule has 1 aliphatic heterocycles. The lowest BCUT2D eigenvalue weighted by Crippen LogP contribution is -2.54. The Hall–Kier alpha value is -0.770. The quantitative estimate of drug-likeness (QED) is 0.564. The van der Waals surface area contributed by atoms with Gasteiger partial charge >= 0.3 is 6.03 Å². The fraction of sp³-hybridized carbons (Fsp3) is 0.933. The third-order valence-corrected chi connectivity index (χ3v) is 3.75. The molecule has 0 unspecified atom stereocenters. The minimum atomic E-state index is -0.0423. The lowest BCUT2D eigenvalue weighted by atomic mass is 10.1. The average Bonchev–Trinajstić information content (AvgIpc) is 2.43. The summed E-state index contributed by atoms with van der Waals surface area (Å²) in [5, 5.41) is 5.59. The van der Waals surface area contributed by atoms with Crippen LogP contribution in [0.3, 0.4) is 0 Å². The number of unbranched alkanes of at least 4 members (excludes halogenated alkanes) is 9. The van der Waals surface area contributed by atoms with Gasteiger partial charge in [0.15, 0.2) is 0 Å². The van der Waals surface area contributed by atoms with Crippen molar-refractivity contribution in [3.8, 4) is 0 Å². The zero-order chi connectivity index (χ0) is 13.8. The lowest BCUT2D eigenvalue weighted by molar-refractivity contribution is 0.180. The largest absolute Gasteiger partial charge is 0.325 e. The summed E-state index contributed by atoms with van der Waals surface area (Å²) in [5.74, 6) is 0. The molecule has 0 radical (unpaired) electrons. The van der Waals surface area contributed by atoms with Crippen molar-refractivity contribution >= 4 is 6.03 Å². The van der Waals surface area contributed by atoms with Gasteiger partial charge in [0.1, 0.15) is 0 Å². The summed E-state index contributed by atoms with van der Waals surface area (Å²) in [5.41, 5.74) is 0. The predicted octanol–water partition coefficient (Wildman–Crippen LogP) is 3.44. The second kappa shape index (κ2) is 11.1. The fourth-order valence-electron chi connectivity index (χ4n) is 2.47. The van der Waals surface area contributed by atoms with Crippen LogP contribution in [0.15, 0.2) is 0 Å². The minimum Gasteiger partial charge on any atom is -0.325 e. The Morgan fingerprint density at radius 1 is 0.842 bits per heavy atom. The van der Waals surface area contributed by atoms with E-state index < -0.39 is 0 Å². The summed E-state index contributed by atoms with van der Waals surface area (Å²) in [6.45, 7) is 4.75. The first kappa shape index (κ1) is 16.3. The van der Waals surface area contributed by atoms with Gasteiger partial charge in [0.25, 0.3) is 0 Å². The summed E-state index contributed by atoms with van der Waals surface area (Å²) in [6, 6.07) is -0.0423. The molecule has 0 bridgehead atoms. The van der Waals surface area contributed by atoms with Crippen LogP contribution in [0.1, 0.15) is 71.1 Å². The van der Waals surface area contributed by atoms with E-state index in [2.05, 4.69) is 22.5 Å². The Kier molecular flexibility index (Phi) is 9.51. The van der Waals surface area contributed by atoms with E-state index in [4.69, 9.17) is 0 Å². The molecule has 1 rings (SSSR count). The summed E-state index contributed by atoms with van der Waals surface area (Å²) in [6.07, 6.45) is 13.7. The van der Waals surface area contributed by atoms with E-state index in [0.29, 0.717) is 13.3 Å². The summed E-state index contributed by atoms with van der Waals surface area (Å²) >= 11 is 0. The first-order valence-corrected chi connectivity index (χ1v) is 8.07. The number of urea groups is 1. The summed E-state index contributed by atoms with van der Waals surface area (Å²) in [4.78, 5) is 13.1. The van der Waals surface area contributed by atoms with E-state index in [9.17, 15) is 4.79 Å². The van der Waals surface area contributed by atoms with Gasteiger partial charge in [-0.05, 0) is 6.42 Å². The van der Waals surface area contributed by atoms with Gasteiger partial charge < -0.3 is 10.6 Å². The zero-order valence-electron chi connectivity index (χ0n) is 12.5. The second-order valence-corrected chi connectivity index (χ2v) is 5.58. The molecule has 0 aliphatic carbocycles.